The third kappa shape index (κ3) is 2.31. The van der Waals surface area contributed by atoms with Gasteiger partial charge in [0, 0.05) is 13.3 Å². The normalized spacial score (nSPS) is 38.6. The summed E-state index contributed by atoms with van der Waals surface area (Å²) in [6.07, 6.45) is 8.17. The summed E-state index contributed by atoms with van der Waals surface area (Å²) in [5.74, 6) is 0.664. The molecular weight excluding hydrogens is 200 g/mol. The van der Waals surface area contributed by atoms with Gasteiger partial charge in [-0.3, -0.25) is 4.79 Å². The molecule has 0 spiro atoms. The Morgan fingerprint density at radius 1 is 1.56 bits per heavy atom. The lowest BCUT2D eigenvalue weighted by atomic mass is 9.63. The number of allylic oxidation sites excluding steroid dienone is 1. The molecule has 1 saturated carbocycles. The smallest absolute Gasteiger partial charge is 0.302 e. The zero-order valence-corrected chi connectivity index (χ0v) is 10.6. The van der Waals surface area contributed by atoms with Crippen LogP contribution >= 0.6 is 0 Å². The van der Waals surface area contributed by atoms with Crippen molar-refractivity contribution in [2.24, 2.45) is 11.3 Å². The molecule has 3 atom stereocenters. The topological polar surface area (TPSA) is 26.3 Å². The summed E-state index contributed by atoms with van der Waals surface area (Å²) in [5.41, 5.74) is 1.91. The van der Waals surface area contributed by atoms with Crippen molar-refractivity contribution >= 4 is 5.97 Å². The Kier molecular flexibility index (Phi) is 3.09. The van der Waals surface area contributed by atoms with Crippen molar-refractivity contribution in [2.45, 2.75) is 59.0 Å². The molecule has 90 valence electrons. The number of esters is 1. The van der Waals surface area contributed by atoms with Crippen LogP contribution in [0.5, 0.6) is 0 Å². The van der Waals surface area contributed by atoms with Crippen LogP contribution in [-0.4, -0.2) is 12.1 Å². The second-order valence-corrected chi connectivity index (χ2v) is 5.81. The van der Waals surface area contributed by atoms with E-state index in [4.69, 9.17) is 4.74 Å². The van der Waals surface area contributed by atoms with Crippen molar-refractivity contribution in [2.75, 3.05) is 0 Å². The second-order valence-electron chi connectivity index (χ2n) is 5.81. The minimum Gasteiger partial charge on any atom is -0.462 e. The average molecular weight is 222 g/mol. The predicted molar refractivity (Wildman–Crippen MR) is 64.0 cm³/mol. The van der Waals surface area contributed by atoms with Crippen molar-refractivity contribution in [1.29, 1.82) is 0 Å². The molecule has 0 aromatic carbocycles. The van der Waals surface area contributed by atoms with Crippen molar-refractivity contribution in [3.63, 3.8) is 0 Å². The van der Waals surface area contributed by atoms with Gasteiger partial charge in [-0.1, -0.05) is 25.5 Å². The molecule has 2 aliphatic rings. The summed E-state index contributed by atoms with van der Waals surface area (Å²) < 4.78 is 5.33. The van der Waals surface area contributed by atoms with E-state index in [-0.39, 0.29) is 12.1 Å². The van der Waals surface area contributed by atoms with Gasteiger partial charge in [0.2, 0.25) is 0 Å². The Morgan fingerprint density at radius 2 is 2.31 bits per heavy atom. The highest BCUT2D eigenvalue weighted by atomic mass is 16.5. The van der Waals surface area contributed by atoms with Gasteiger partial charge in [0.1, 0.15) is 6.10 Å². The van der Waals surface area contributed by atoms with Crippen LogP contribution < -0.4 is 0 Å². The van der Waals surface area contributed by atoms with Crippen molar-refractivity contribution in [1.82, 2.24) is 0 Å². The molecule has 0 amide bonds. The lowest BCUT2D eigenvalue weighted by Crippen LogP contribution is -2.35. The molecule has 1 fully saturated rings. The van der Waals surface area contributed by atoms with Gasteiger partial charge in [-0.25, -0.2) is 0 Å². The Labute approximate surface area is 98.1 Å². The fraction of sp³-hybridized carbons (Fsp3) is 0.786. The molecule has 0 bridgehead atoms. The highest BCUT2D eigenvalue weighted by Crippen LogP contribution is 2.49. The minimum atomic E-state index is -0.140. The number of carbonyl (C=O) groups is 1. The summed E-state index contributed by atoms with van der Waals surface area (Å²) in [6.45, 7) is 6.21. The van der Waals surface area contributed by atoms with E-state index in [9.17, 15) is 4.79 Å². The Bertz CT molecular complexity index is 319. The van der Waals surface area contributed by atoms with Crippen LogP contribution in [0.4, 0.5) is 0 Å². The van der Waals surface area contributed by atoms with E-state index in [1.807, 2.05) is 0 Å². The monoisotopic (exact) mass is 222 g/mol. The molecule has 0 radical (unpaired) electrons. The fourth-order valence-corrected chi connectivity index (χ4v) is 3.33. The van der Waals surface area contributed by atoms with Crippen molar-refractivity contribution < 1.29 is 9.53 Å². The SMILES string of the molecule is CC(=O)O[C@H]1CCC2(C)CC(C)CC=C2C1. The highest BCUT2D eigenvalue weighted by Gasteiger charge is 2.39. The first-order valence-electron chi connectivity index (χ1n) is 6.36. The lowest BCUT2D eigenvalue weighted by Gasteiger charge is -2.44. The van der Waals surface area contributed by atoms with Gasteiger partial charge in [0.05, 0.1) is 0 Å². The molecule has 2 heteroatoms. The molecule has 0 aromatic heterocycles. The molecule has 0 saturated heterocycles. The molecule has 0 aromatic rings. The Morgan fingerprint density at radius 3 is 3.00 bits per heavy atom. The van der Waals surface area contributed by atoms with E-state index in [1.165, 1.54) is 31.8 Å². The van der Waals surface area contributed by atoms with Crippen LogP contribution in [0.25, 0.3) is 0 Å². The van der Waals surface area contributed by atoms with E-state index >= 15 is 0 Å². The van der Waals surface area contributed by atoms with Gasteiger partial charge in [-0.2, -0.15) is 0 Å². The molecule has 2 aliphatic carbocycles. The second kappa shape index (κ2) is 4.23. The van der Waals surface area contributed by atoms with Gasteiger partial charge >= 0.3 is 5.97 Å². The summed E-state index contributed by atoms with van der Waals surface area (Å²) in [5, 5.41) is 0. The molecule has 0 aliphatic heterocycles. The molecule has 2 nitrogen and oxygen atoms in total. The maximum atomic E-state index is 11.0. The van der Waals surface area contributed by atoms with Gasteiger partial charge in [0.25, 0.3) is 0 Å². The molecule has 16 heavy (non-hydrogen) atoms. The van der Waals surface area contributed by atoms with E-state index in [2.05, 4.69) is 19.9 Å². The predicted octanol–water partition coefficient (Wildman–Crippen LogP) is 3.46. The summed E-state index contributed by atoms with van der Waals surface area (Å²) in [4.78, 5) is 11.0. The summed E-state index contributed by atoms with van der Waals surface area (Å²) in [6, 6.07) is 0. The quantitative estimate of drug-likeness (QED) is 0.501. The van der Waals surface area contributed by atoms with E-state index in [0.717, 1.165) is 18.8 Å². The van der Waals surface area contributed by atoms with Crippen LogP contribution in [0.3, 0.4) is 0 Å². The maximum absolute atomic E-state index is 11.0. The van der Waals surface area contributed by atoms with Gasteiger partial charge < -0.3 is 4.74 Å². The van der Waals surface area contributed by atoms with Crippen LogP contribution in [0, 0.1) is 11.3 Å². The third-order valence-electron chi connectivity index (χ3n) is 4.14. The molecule has 2 rings (SSSR count). The summed E-state index contributed by atoms with van der Waals surface area (Å²) >= 11 is 0. The van der Waals surface area contributed by atoms with Crippen LogP contribution in [-0.2, 0) is 9.53 Å². The molecule has 0 N–H and O–H groups in total. The number of carbonyl (C=O) groups excluding carboxylic acids is 1. The van der Waals surface area contributed by atoms with Crippen LogP contribution in [0.1, 0.15) is 52.9 Å². The molecular formula is C14H22O2. The Balaban J connectivity index is 2.07. The van der Waals surface area contributed by atoms with Gasteiger partial charge in [-0.15, -0.1) is 0 Å². The first-order chi connectivity index (χ1) is 7.49. The zero-order valence-electron chi connectivity index (χ0n) is 10.6. The number of fused-ring (bicyclic) bond motifs is 1. The number of rotatable bonds is 1. The minimum absolute atomic E-state index is 0.130. The van der Waals surface area contributed by atoms with Crippen LogP contribution in [0.2, 0.25) is 0 Å². The van der Waals surface area contributed by atoms with Gasteiger partial charge in [0.15, 0.2) is 0 Å². The first-order valence-corrected chi connectivity index (χ1v) is 6.36. The highest BCUT2D eigenvalue weighted by molar-refractivity contribution is 5.66. The van der Waals surface area contributed by atoms with E-state index in [1.54, 1.807) is 0 Å². The van der Waals surface area contributed by atoms with E-state index in [0.29, 0.717) is 5.41 Å². The summed E-state index contributed by atoms with van der Waals surface area (Å²) in [7, 11) is 0. The zero-order chi connectivity index (χ0) is 11.8. The van der Waals surface area contributed by atoms with Crippen molar-refractivity contribution in [3.8, 4) is 0 Å². The third-order valence-corrected chi connectivity index (χ3v) is 4.14. The molecule has 0 heterocycles. The maximum Gasteiger partial charge on any atom is 0.302 e. The van der Waals surface area contributed by atoms with Gasteiger partial charge in [-0.05, 0) is 37.0 Å². The van der Waals surface area contributed by atoms with Crippen molar-refractivity contribution in [3.05, 3.63) is 11.6 Å². The largest absolute Gasteiger partial charge is 0.462 e. The average Bonchev–Trinajstić information content (AvgIpc) is 2.17. The number of ether oxygens (including phenoxy) is 1. The Hall–Kier alpha value is -0.790. The standard InChI is InChI=1S/C14H22O2/c1-10-4-5-12-8-13(16-11(2)15)6-7-14(12,3)9-10/h5,10,13H,4,6-9H2,1-3H3/t10?,13-,14?/m0/s1. The lowest BCUT2D eigenvalue weighted by molar-refractivity contribution is -0.147. The van der Waals surface area contributed by atoms with Crippen LogP contribution in [0.15, 0.2) is 11.6 Å². The fourth-order valence-electron chi connectivity index (χ4n) is 3.33. The number of hydrogen-bond donors (Lipinski definition) is 0. The molecule has 2 unspecified atom stereocenters. The first kappa shape index (κ1) is 11.7. The van der Waals surface area contributed by atoms with E-state index < -0.39 is 0 Å². The number of hydrogen-bond acceptors (Lipinski definition) is 2.